The number of piperazine rings is 1. The number of hydrogen-bond donors (Lipinski definition) is 1. The van der Waals surface area contributed by atoms with Crippen molar-refractivity contribution in [3.8, 4) is 6.01 Å². The van der Waals surface area contributed by atoms with Crippen molar-refractivity contribution in [3.05, 3.63) is 58.8 Å². The van der Waals surface area contributed by atoms with Crippen LogP contribution in [0.1, 0.15) is 54.5 Å². The molecule has 5 aliphatic rings. The fraction of sp³-hybridized carbons (Fsp3) is 0.548. The third-order valence-corrected chi connectivity index (χ3v) is 10.1. The van der Waals surface area contributed by atoms with Crippen molar-refractivity contribution in [2.45, 2.75) is 74.9 Å². The highest BCUT2D eigenvalue weighted by Crippen LogP contribution is 2.50. The first-order valence-corrected chi connectivity index (χ1v) is 14.4. The second kappa shape index (κ2) is 8.40. The minimum absolute atomic E-state index is 0.132. The van der Waals surface area contributed by atoms with E-state index in [0.717, 1.165) is 51.1 Å². The normalized spacial score (nSPS) is 30.4. The first-order chi connectivity index (χ1) is 18.1. The van der Waals surface area contributed by atoms with E-state index in [-0.39, 0.29) is 5.41 Å². The molecule has 1 spiro atoms. The van der Waals surface area contributed by atoms with E-state index < -0.39 is 0 Å². The molecular weight excluding hydrogens is 458 g/mol. The van der Waals surface area contributed by atoms with Gasteiger partial charge in [0.1, 0.15) is 12.4 Å². The van der Waals surface area contributed by atoms with Crippen LogP contribution in [-0.4, -0.2) is 66.3 Å². The molecule has 1 unspecified atom stereocenters. The van der Waals surface area contributed by atoms with Crippen molar-refractivity contribution in [1.82, 2.24) is 20.2 Å². The van der Waals surface area contributed by atoms with E-state index in [2.05, 4.69) is 58.6 Å². The minimum atomic E-state index is 0.132. The molecule has 2 bridgehead atoms. The van der Waals surface area contributed by atoms with Gasteiger partial charge in [-0.3, -0.25) is 0 Å². The summed E-state index contributed by atoms with van der Waals surface area (Å²) in [6.45, 7) is 3.92. The summed E-state index contributed by atoms with van der Waals surface area (Å²) in [4.78, 5) is 15.3. The van der Waals surface area contributed by atoms with Crippen LogP contribution >= 0.6 is 0 Å². The van der Waals surface area contributed by atoms with Gasteiger partial charge in [-0.05, 0) is 80.4 Å². The lowest BCUT2D eigenvalue weighted by atomic mass is 9.69. The summed E-state index contributed by atoms with van der Waals surface area (Å²) < 4.78 is 6.39. The van der Waals surface area contributed by atoms with Gasteiger partial charge < -0.3 is 19.9 Å². The van der Waals surface area contributed by atoms with Gasteiger partial charge in [0, 0.05) is 48.6 Å². The Morgan fingerprint density at radius 3 is 2.68 bits per heavy atom. The summed E-state index contributed by atoms with van der Waals surface area (Å²) in [5.74, 6) is 1.15. The lowest BCUT2D eigenvalue weighted by Gasteiger charge is -2.39. The molecule has 6 nitrogen and oxygen atoms in total. The van der Waals surface area contributed by atoms with Crippen molar-refractivity contribution < 1.29 is 4.74 Å². The minimum Gasteiger partial charge on any atom is -0.462 e. The van der Waals surface area contributed by atoms with Gasteiger partial charge in [-0.15, -0.1) is 0 Å². The van der Waals surface area contributed by atoms with Gasteiger partial charge in [0.05, 0.1) is 5.69 Å². The van der Waals surface area contributed by atoms with Crippen LogP contribution in [0.3, 0.4) is 0 Å². The van der Waals surface area contributed by atoms with Crippen LogP contribution in [-0.2, 0) is 24.7 Å². The number of benzene rings is 2. The van der Waals surface area contributed by atoms with Crippen LogP contribution in [0.15, 0.2) is 36.4 Å². The van der Waals surface area contributed by atoms with Gasteiger partial charge in [-0.2, -0.15) is 9.97 Å². The zero-order valence-corrected chi connectivity index (χ0v) is 21.9. The molecule has 8 rings (SSSR count). The van der Waals surface area contributed by atoms with Crippen LogP contribution in [0, 0.1) is 0 Å². The first-order valence-electron chi connectivity index (χ1n) is 14.4. The molecule has 1 N–H and O–H groups in total. The van der Waals surface area contributed by atoms with Gasteiger partial charge >= 0.3 is 6.01 Å². The molecule has 0 saturated carbocycles. The van der Waals surface area contributed by atoms with Crippen molar-refractivity contribution in [2.75, 3.05) is 38.2 Å². The maximum atomic E-state index is 6.39. The number of anilines is 1. The number of likely N-dealkylation sites (N-methyl/N-ethyl adjacent to an activating group) is 1. The lowest BCUT2D eigenvalue weighted by molar-refractivity contribution is 0.186. The molecule has 3 aromatic rings. The Bertz CT molecular complexity index is 1360. The Hall–Kier alpha value is -2.70. The molecule has 3 aliphatic heterocycles. The van der Waals surface area contributed by atoms with Crippen molar-refractivity contribution in [1.29, 1.82) is 0 Å². The van der Waals surface area contributed by atoms with Gasteiger partial charge in [0.15, 0.2) is 0 Å². The summed E-state index contributed by atoms with van der Waals surface area (Å²) in [5.41, 5.74) is 5.77. The van der Waals surface area contributed by atoms with Crippen LogP contribution in [0.25, 0.3) is 10.8 Å². The Morgan fingerprint density at radius 1 is 1.03 bits per heavy atom. The van der Waals surface area contributed by atoms with E-state index in [1.165, 1.54) is 58.8 Å². The largest absolute Gasteiger partial charge is 0.462 e. The van der Waals surface area contributed by atoms with Gasteiger partial charge in [-0.1, -0.05) is 36.4 Å². The topological polar surface area (TPSA) is 53.5 Å². The highest BCUT2D eigenvalue weighted by atomic mass is 16.5. The molecule has 4 atom stereocenters. The number of ether oxygens (including phenoxy) is 1. The second-order valence-corrected chi connectivity index (χ2v) is 12.3. The lowest BCUT2D eigenvalue weighted by Crippen LogP contribution is -2.52. The summed E-state index contributed by atoms with van der Waals surface area (Å²) >= 11 is 0. The van der Waals surface area contributed by atoms with Crippen molar-refractivity contribution >= 4 is 16.6 Å². The quantitative estimate of drug-likeness (QED) is 0.590. The van der Waals surface area contributed by atoms with Gasteiger partial charge in [0.25, 0.3) is 0 Å². The Kier molecular flexibility index (Phi) is 5.06. The molecule has 37 heavy (non-hydrogen) atoms. The van der Waals surface area contributed by atoms with E-state index in [9.17, 15) is 0 Å². The highest BCUT2D eigenvalue weighted by Gasteiger charge is 2.44. The Morgan fingerprint density at radius 2 is 1.86 bits per heavy atom. The molecule has 3 saturated heterocycles. The molecule has 0 radical (unpaired) electrons. The standard InChI is InChI=1S/C31H37N5O/c1-35-14-4-8-24(35)19-37-30-33-27-16-31(15-21-7-2-5-20-6-3-9-26(31)28(20)21)13-12-25(27)29(34-30)36-17-22-10-11-23(18-36)32-22/h2-3,5-7,9,22-24,32H,4,8,10-19H2,1H3/t22-,23+,24-,31?/m0/s1. The molecule has 4 heterocycles. The average molecular weight is 496 g/mol. The smallest absolute Gasteiger partial charge is 0.318 e. The first kappa shape index (κ1) is 22.3. The van der Waals surface area contributed by atoms with Crippen LogP contribution < -0.4 is 15.0 Å². The monoisotopic (exact) mass is 495 g/mol. The maximum Gasteiger partial charge on any atom is 0.318 e. The zero-order valence-electron chi connectivity index (χ0n) is 21.9. The van der Waals surface area contributed by atoms with Gasteiger partial charge in [-0.25, -0.2) is 0 Å². The third kappa shape index (κ3) is 3.59. The molecule has 6 heteroatoms. The van der Waals surface area contributed by atoms with Crippen molar-refractivity contribution in [3.63, 3.8) is 0 Å². The Balaban J connectivity index is 1.17. The summed E-state index contributed by atoms with van der Waals surface area (Å²) in [7, 11) is 2.21. The number of aromatic nitrogens is 2. The number of likely N-dealkylation sites (tertiary alicyclic amines) is 1. The maximum absolute atomic E-state index is 6.39. The second-order valence-electron chi connectivity index (χ2n) is 12.3. The van der Waals surface area contributed by atoms with Gasteiger partial charge in [0.2, 0.25) is 0 Å². The molecule has 0 amide bonds. The third-order valence-electron chi connectivity index (χ3n) is 10.1. The molecular formula is C31H37N5O. The number of rotatable bonds is 4. The zero-order chi connectivity index (χ0) is 24.6. The number of nitrogens with one attached hydrogen (secondary N) is 1. The number of fused-ring (bicyclic) bond motifs is 4. The fourth-order valence-corrected chi connectivity index (χ4v) is 8.18. The molecule has 3 fully saturated rings. The molecule has 192 valence electrons. The average Bonchev–Trinajstić information content (AvgIpc) is 3.58. The molecule has 2 aliphatic carbocycles. The van der Waals surface area contributed by atoms with Crippen LogP contribution in [0.4, 0.5) is 5.82 Å². The summed E-state index contributed by atoms with van der Waals surface area (Å²) in [6, 6.07) is 15.9. The summed E-state index contributed by atoms with van der Waals surface area (Å²) in [5, 5.41) is 6.66. The predicted molar refractivity (Wildman–Crippen MR) is 147 cm³/mol. The van der Waals surface area contributed by atoms with E-state index in [1.54, 1.807) is 0 Å². The number of nitrogens with zero attached hydrogens (tertiary/aromatic N) is 4. The Labute approximate surface area is 219 Å². The number of hydrogen-bond acceptors (Lipinski definition) is 6. The van der Waals surface area contributed by atoms with Crippen molar-refractivity contribution in [2.24, 2.45) is 0 Å². The summed E-state index contributed by atoms with van der Waals surface area (Å²) in [6.07, 6.45) is 9.29. The van der Waals surface area contributed by atoms with Crippen LogP contribution in [0.5, 0.6) is 6.01 Å². The highest BCUT2D eigenvalue weighted by molar-refractivity contribution is 5.92. The SMILES string of the molecule is CN1CCC[C@H]1COc1nc2c(c(N3C[C@H]4CC[C@@H](C3)N4)n1)CCC1(C2)Cc2cccc3cccc1c23. The van der Waals surface area contributed by atoms with E-state index >= 15 is 0 Å². The van der Waals surface area contributed by atoms with E-state index in [1.807, 2.05) is 0 Å². The van der Waals surface area contributed by atoms with E-state index in [4.69, 9.17) is 14.7 Å². The fourth-order valence-electron chi connectivity index (χ4n) is 8.18. The molecule has 2 aromatic carbocycles. The van der Waals surface area contributed by atoms with E-state index in [0.29, 0.717) is 30.7 Å². The predicted octanol–water partition coefficient (Wildman–Crippen LogP) is 4.03. The van der Waals surface area contributed by atoms with Crippen LogP contribution in [0.2, 0.25) is 0 Å². The molecule has 1 aromatic heterocycles.